The van der Waals surface area contributed by atoms with E-state index in [4.69, 9.17) is 27.8 Å². The molecule has 0 radical (unpaired) electrons. The summed E-state index contributed by atoms with van der Waals surface area (Å²) in [6.45, 7) is 8.05. The molecule has 5 aromatic rings. The number of allylic oxidation sites excluding steroid dienone is 2. The molecule has 3 aromatic carbocycles. The molecule has 0 amide bonds. The first-order valence-electron chi connectivity index (χ1n) is 14.2. The van der Waals surface area contributed by atoms with Crippen LogP contribution in [0.4, 0.5) is 0 Å². The van der Waals surface area contributed by atoms with Gasteiger partial charge in [0, 0.05) is 35.2 Å². The summed E-state index contributed by atoms with van der Waals surface area (Å²) in [5.41, 5.74) is 1.56. The SMILES string of the molecule is COc1c(OCCOc2ccc3ccc(=O)oc3c2)cc2oc3cc4c(c(O)c3c(=O)c2c1CC=C(C)C)C=CC(C)(C)O4. The number of fused-ring (bicyclic) bond motifs is 4. The van der Waals surface area contributed by atoms with E-state index in [1.807, 2.05) is 39.8 Å². The number of rotatable bonds is 8. The molecular weight excluding hydrogens is 564 g/mol. The highest BCUT2D eigenvalue weighted by atomic mass is 16.5. The molecule has 0 aliphatic carbocycles. The molecular formula is C35H32O9. The summed E-state index contributed by atoms with van der Waals surface area (Å²) in [6.07, 6.45) is 5.95. The Hall–Kier alpha value is -5.18. The van der Waals surface area contributed by atoms with Gasteiger partial charge in [0.2, 0.25) is 5.43 Å². The van der Waals surface area contributed by atoms with Crippen LogP contribution >= 0.6 is 0 Å². The van der Waals surface area contributed by atoms with Crippen molar-refractivity contribution >= 4 is 39.0 Å². The van der Waals surface area contributed by atoms with Gasteiger partial charge in [0.15, 0.2) is 11.5 Å². The first-order valence-corrected chi connectivity index (χ1v) is 14.2. The lowest BCUT2D eigenvalue weighted by atomic mass is 9.97. The Morgan fingerprint density at radius 1 is 0.932 bits per heavy atom. The fraction of sp³-hybridized carbons (Fsp3) is 0.257. The van der Waals surface area contributed by atoms with Crippen molar-refractivity contribution in [3.8, 4) is 28.7 Å². The monoisotopic (exact) mass is 596 g/mol. The lowest BCUT2D eigenvalue weighted by molar-refractivity contribution is 0.158. The molecule has 0 fully saturated rings. The lowest BCUT2D eigenvalue weighted by Gasteiger charge is -2.28. The van der Waals surface area contributed by atoms with Gasteiger partial charge >= 0.3 is 5.63 Å². The summed E-state index contributed by atoms with van der Waals surface area (Å²) in [7, 11) is 1.51. The second-order valence-corrected chi connectivity index (χ2v) is 11.4. The maximum atomic E-state index is 14.0. The molecule has 1 aliphatic heterocycles. The number of methoxy groups -OCH3 is 1. The molecule has 0 saturated carbocycles. The zero-order valence-corrected chi connectivity index (χ0v) is 25.1. The summed E-state index contributed by atoms with van der Waals surface area (Å²) >= 11 is 0. The van der Waals surface area contributed by atoms with Crippen LogP contribution < -0.4 is 30.0 Å². The molecule has 0 bridgehead atoms. The minimum atomic E-state index is -0.585. The number of hydrogen-bond donors (Lipinski definition) is 1. The molecule has 226 valence electrons. The summed E-state index contributed by atoms with van der Waals surface area (Å²) in [5, 5.41) is 12.4. The van der Waals surface area contributed by atoms with Gasteiger partial charge in [0.25, 0.3) is 0 Å². The smallest absolute Gasteiger partial charge is 0.336 e. The molecule has 9 heteroatoms. The van der Waals surface area contributed by atoms with Crippen molar-refractivity contribution in [2.45, 2.75) is 39.7 Å². The van der Waals surface area contributed by atoms with E-state index in [-0.39, 0.29) is 40.9 Å². The molecule has 44 heavy (non-hydrogen) atoms. The maximum Gasteiger partial charge on any atom is 0.336 e. The first-order chi connectivity index (χ1) is 21.0. The number of phenols is 1. The van der Waals surface area contributed by atoms with Crippen molar-refractivity contribution in [2.24, 2.45) is 0 Å². The van der Waals surface area contributed by atoms with E-state index in [1.165, 1.54) is 13.2 Å². The fourth-order valence-electron chi connectivity index (χ4n) is 5.30. The van der Waals surface area contributed by atoms with Crippen LogP contribution in [0.15, 0.2) is 78.6 Å². The van der Waals surface area contributed by atoms with Crippen LogP contribution in [0.3, 0.4) is 0 Å². The van der Waals surface area contributed by atoms with E-state index >= 15 is 0 Å². The molecule has 0 spiro atoms. The Bertz CT molecular complexity index is 2110. The molecule has 3 heterocycles. The van der Waals surface area contributed by atoms with Crippen LogP contribution in [0, 0.1) is 0 Å². The summed E-state index contributed by atoms with van der Waals surface area (Å²) in [6, 6.07) is 11.6. The van der Waals surface area contributed by atoms with Gasteiger partial charge < -0.3 is 32.9 Å². The minimum absolute atomic E-state index is 0.0676. The third-order valence-electron chi connectivity index (χ3n) is 7.40. The van der Waals surface area contributed by atoms with Crippen molar-refractivity contribution < 1.29 is 32.9 Å². The highest BCUT2D eigenvalue weighted by molar-refractivity contribution is 5.99. The van der Waals surface area contributed by atoms with E-state index in [9.17, 15) is 14.7 Å². The molecule has 1 N–H and O–H groups in total. The van der Waals surface area contributed by atoms with Crippen LogP contribution in [0.2, 0.25) is 0 Å². The second kappa shape index (κ2) is 11.1. The van der Waals surface area contributed by atoms with Gasteiger partial charge in [0.05, 0.1) is 18.1 Å². The van der Waals surface area contributed by atoms with Crippen LogP contribution in [0.1, 0.15) is 38.8 Å². The van der Waals surface area contributed by atoms with Gasteiger partial charge in [-0.3, -0.25) is 4.79 Å². The third-order valence-corrected chi connectivity index (χ3v) is 7.40. The topological polar surface area (TPSA) is 118 Å². The fourth-order valence-corrected chi connectivity index (χ4v) is 5.30. The minimum Gasteiger partial charge on any atom is -0.506 e. The molecule has 1 aliphatic rings. The molecule has 9 nitrogen and oxygen atoms in total. The van der Waals surface area contributed by atoms with Crippen LogP contribution in [0.5, 0.6) is 28.7 Å². The van der Waals surface area contributed by atoms with E-state index in [0.717, 1.165) is 11.0 Å². The number of hydrogen-bond acceptors (Lipinski definition) is 9. The number of ether oxygens (including phenoxy) is 4. The Labute approximate surface area is 252 Å². The van der Waals surface area contributed by atoms with Gasteiger partial charge in [0.1, 0.15) is 58.2 Å². The summed E-state index contributed by atoms with van der Waals surface area (Å²) in [5.74, 6) is 1.50. The Morgan fingerprint density at radius 3 is 2.45 bits per heavy atom. The highest BCUT2D eigenvalue weighted by Gasteiger charge is 2.28. The molecule has 0 saturated heterocycles. The summed E-state index contributed by atoms with van der Waals surface area (Å²) < 4.78 is 35.3. The van der Waals surface area contributed by atoms with Crippen LogP contribution in [0.25, 0.3) is 39.0 Å². The lowest BCUT2D eigenvalue weighted by Crippen LogP contribution is -2.27. The van der Waals surface area contributed by atoms with Gasteiger partial charge in [-0.2, -0.15) is 0 Å². The van der Waals surface area contributed by atoms with E-state index in [0.29, 0.717) is 51.5 Å². The molecule has 0 unspecified atom stereocenters. The number of benzene rings is 3. The normalized spacial score (nSPS) is 13.5. The van der Waals surface area contributed by atoms with Crippen molar-refractivity contribution in [2.75, 3.05) is 20.3 Å². The maximum absolute atomic E-state index is 14.0. The average molecular weight is 597 g/mol. The second-order valence-electron chi connectivity index (χ2n) is 11.4. The molecule has 6 rings (SSSR count). The van der Waals surface area contributed by atoms with Gasteiger partial charge in [-0.15, -0.1) is 0 Å². The van der Waals surface area contributed by atoms with E-state index < -0.39 is 11.2 Å². The number of aromatic hydroxyl groups is 1. The van der Waals surface area contributed by atoms with Crippen LogP contribution in [-0.2, 0) is 6.42 Å². The van der Waals surface area contributed by atoms with E-state index in [2.05, 4.69) is 0 Å². The standard InChI is InChI=1S/C35H32O9/c1-19(2)6-10-23-30-26(42-27-17-25-22(12-13-35(3,4)44-25)32(37)31(27)33(30)38)18-28(34(23)39-5)41-15-14-40-21-9-7-20-8-11-29(36)43-24(20)16-21/h6-9,11-13,16-18,37H,10,14-15H2,1-5H3. The molecule has 0 atom stereocenters. The Kier molecular flexibility index (Phi) is 7.33. The Balaban J connectivity index is 1.39. The average Bonchev–Trinajstić information content (AvgIpc) is 2.96. The Morgan fingerprint density at radius 2 is 1.68 bits per heavy atom. The van der Waals surface area contributed by atoms with Gasteiger partial charge in [-0.05, 0) is 64.5 Å². The predicted octanol–water partition coefficient (Wildman–Crippen LogP) is 6.92. The first kappa shape index (κ1) is 28.9. The highest BCUT2D eigenvalue weighted by Crippen LogP contribution is 2.43. The van der Waals surface area contributed by atoms with E-state index in [1.54, 1.807) is 42.5 Å². The quantitative estimate of drug-likeness (QED) is 0.0882. The summed E-state index contributed by atoms with van der Waals surface area (Å²) in [4.78, 5) is 25.6. The van der Waals surface area contributed by atoms with Gasteiger partial charge in [-0.1, -0.05) is 11.6 Å². The zero-order chi connectivity index (χ0) is 31.2. The molecule has 2 aromatic heterocycles. The van der Waals surface area contributed by atoms with Crippen molar-refractivity contribution in [3.63, 3.8) is 0 Å². The number of phenolic OH excluding ortho intramolecular Hbond substituents is 1. The third kappa shape index (κ3) is 5.37. The van der Waals surface area contributed by atoms with Crippen molar-refractivity contribution in [3.05, 3.63) is 92.0 Å². The largest absolute Gasteiger partial charge is 0.506 e. The predicted molar refractivity (Wildman–Crippen MR) is 169 cm³/mol. The zero-order valence-electron chi connectivity index (χ0n) is 25.1. The van der Waals surface area contributed by atoms with Crippen molar-refractivity contribution in [1.82, 2.24) is 0 Å². The van der Waals surface area contributed by atoms with Crippen molar-refractivity contribution in [1.29, 1.82) is 0 Å². The van der Waals surface area contributed by atoms with Gasteiger partial charge in [-0.25, -0.2) is 4.79 Å². The van der Waals surface area contributed by atoms with Crippen LogP contribution in [-0.4, -0.2) is 31.0 Å².